The van der Waals surface area contributed by atoms with Gasteiger partial charge in [-0.15, -0.1) is 6.58 Å². The summed E-state index contributed by atoms with van der Waals surface area (Å²) < 4.78 is 31.0. The second-order valence-electron chi connectivity index (χ2n) is 6.34. The van der Waals surface area contributed by atoms with Crippen LogP contribution in [0.15, 0.2) is 45.9 Å². The normalized spacial score (nSPS) is 11.7. The lowest BCUT2D eigenvalue weighted by Gasteiger charge is -2.17. The molecule has 0 radical (unpaired) electrons. The van der Waals surface area contributed by atoms with Gasteiger partial charge in [-0.3, -0.25) is 9.59 Å². The Hall–Kier alpha value is -2.75. The molecule has 3 rings (SSSR count). The zero-order valence-corrected chi connectivity index (χ0v) is 16.4. The predicted molar refractivity (Wildman–Crippen MR) is 105 cm³/mol. The van der Waals surface area contributed by atoms with Crippen LogP contribution in [0.2, 0.25) is 0 Å². The minimum Gasteiger partial charge on any atom is -0.310 e. The lowest BCUT2D eigenvalue weighted by atomic mass is 10.2. The van der Waals surface area contributed by atoms with Crippen LogP contribution in [0.5, 0.6) is 0 Å². The molecule has 7 nitrogen and oxygen atoms in total. The van der Waals surface area contributed by atoms with Crippen molar-refractivity contribution in [1.29, 1.82) is 0 Å². The number of rotatable bonds is 6. The van der Waals surface area contributed by atoms with E-state index < -0.39 is 17.5 Å². The van der Waals surface area contributed by atoms with Gasteiger partial charge in [0.25, 0.3) is 17.5 Å². The molecular formula is C18H19F2N5O2S. The van der Waals surface area contributed by atoms with Gasteiger partial charge in [0.2, 0.25) is 0 Å². The molecule has 10 heteroatoms. The zero-order chi connectivity index (χ0) is 20.6. The molecule has 3 heterocycles. The van der Waals surface area contributed by atoms with Crippen LogP contribution >= 0.6 is 11.8 Å². The maximum Gasteiger partial charge on any atom is 0.278 e. The number of nitrogens with zero attached hydrogens (tertiary/aromatic N) is 5. The first-order chi connectivity index (χ1) is 13.3. The van der Waals surface area contributed by atoms with Crippen molar-refractivity contribution in [2.45, 2.75) is 38.0 Å². The largest absolute Gasteiger partial charge is 0.310 e. The monoisotopic (exact) mass is 407 g/mol. The maximum absolute atomic E-state index is 13.5. The van der Waals surface area contributed by atoms with Gasteiger partial charge < -0.3 is 4.57 Å². The molecule has 0 fully saturated rings. The molecule has 0 N–H and O–H groups in total. The van der Waals surface area contributed by atoms with Crippen LogP contribution in [-0.4, -0.2) is 30.2 Å². The smallest absolute Gasteiger partial charge is 0.278 e. The SMILES string of the molecule is C=CCn1c(=O)c2cnc(SC)nc2n1-c1cc(C(F)F)c(=O)n(C(C)C)c1. The molecule has 0 unspecified atom stereocenters. The molecule has 148 valence electrons. The summed E-state index contributed by atoms with van der Waals surface area (Å²) in [5, 5.41) is 0.684. The van der Waals surface area contributed by atoms with Gasteiger partial charge in [0.05, 0.1) is 17.8 Å². The summed E-state index contributed by atoms with van der Waals surface area (Å²) in [6.45, 7) is 7.23. The molecule has 0 saturated heterocycles. The number of pyridine rings is 1. The van der Waals surface area contributed by atoms with E-state index in [1.54, 1.807) is 20.1 Å². The number of halogens is 2. The number of hydrogen-bond acceptors (Lipinski definition) is 5. The molecule has 3 aromatic heterocycles. The topological polar surface area (TPSA) is 74.7 Å². The Morgan fingerprint density at radius 1 is 1.29 bits per heavy atom. The van der Waals surface area contributed by atoms with E-state index in [2.05, 4.69) is 16.5 Å². The molecular weight excluding hydrogens is 388 g/mol. The van der Waals surface area contributed by atoms with E-state index in [9.17, 15) is 18.4 Å². The van der Waals surface area contributed by atoms with Crippen molar-refractivity contribution in [2.24, 2.45) is 0 Å². The average Bonchev–Trinajstić information content (AvgIpc) is 2.93. The Balaban J connectivity index is 2.46. The fourth-order valence-electron chi connectivity index (χ4n) is 2.92. The molecule has 0 aromatic carbocycles. The van der Waals surface area contributed by atoms with Crippen molar-refractivity contribution in [3.8, 4) is 5.69 Å². The molecule has 0 aliphatic heterocycles. The number of alkyl halides is 2. The van der Waals surface area contributed by atoms with Gasteiger partial charge >= 0.3 is 0 Å². The predicted octanol–water partition coefficient (Wildman–Crippen LogP) is 3.17. The Bertz CT molecular complexity index is 1130. The van der Waals surface area contributed by atoms with Crippen molar-refractivity contribution in [3.63, 3.8) is 0 Å². The molecule has 0 atom stereocenters. The van der Waals surface area contributed by atoms with Crippen molar-refractivity contribution in [2.75, 3.05) is 6.26 Å². The first kappa shape index (κ1) is 20.0. The van der Waals surface area contributed by atoms with Gasteiger partial charge in [-0.05, 0) is 26.2 Å². The van der Waals surface area contributed by atoms with E-state index in [1.165, 1.54) is 44.2 Å². The van der Waals surface area contributed by atoms with Crippen LogP contribution < -0.4 is 11.1 Å². The van der Waals surface area contributed by atoms with Crippen LogP contribution in [0.25, 0.3) is 16.7 Å². The first-order valence-corrected chi connectivity index (χ1v) is 9.70. The standard InChI is InChI=1S/C18H19F2N5O2S/c1-5-6-24-17(27)13-8-21-18(28-4)22-15(13)25(24)11-7-12(14(19)20)16(26)23(9-11)10(2)3/h5,7-10,14H,1,6H2,2-4H3. The average molecular weight is 407 g/mol. The third kappa shape index (κ3) is 3.28. The molecule has 28 heavy (non-hydrogen) atoms. The van der Waals surface area contributed by atoms with E-state index in [0.717, 1.165) is 6.07 Å². The molecule has 0 amide bonds. The van der Waals surface area contributed by atoms with E-state index in [-0.39, 0.29) is 34.9 Å². The third-order valence-electron chi connectivity index (χ3n) is 4.23. The van der Waals surface area contributed by atoms with Crippen LogP contribution in [0.4, 0.5) is 8.78 Å². The fraction of sp³-hybridized carbons (Fsp3) is 0.333. The number of aromatic nitrogens is 5. The lowest BCUT2D eigenvalue weighted by molar-refractivity contribution is 0.148. The quantitative estimate of drug-likeness (QED) is 0.356. The van der Waals surface area contributed by atoms with Gasteiger partial charge in [-0.25, -0.2) is 28.1 Å². The molecule has 0 spiro atoms. The summed E-state index contributed by atoms with van der Waals surface area (Å²) >= 11 is 1.29. The number of thioether (sulfide) groups is 1. The highest BCUT2D eigenvalue weighted by molar-refractivity contribution is 7.98. The van der Waals surface area contributed by atoms with Gasteiger partial charge in [0, 0.05) is 18.4 Å². The second-order valence-corrected chi connectivity index (χ2v) is 7.12. The summed E-state index contributed by atoms with van der Waals surface area (Å²) in [6.07, 6.45) is 3.23. The van der Waals surface area contributed by atoms with E-state index >= 15 is 0 Å². The Morgan fingerprint density at radius 3 is 2.57 bits per heavy atom. The number of fused-ring (bicyclic) bond motifs is 1. The molecule has 3 aromatic rings. The highest BCUT2D eigenvalue weighted by atomic mass is 32.2. The molecule has 0 aliphatic carbocycles. The minimum absolute atomic E-state index is 0.134. The fourth-order valence-corrected chi connectivity index (χ4v) is 3.26. The van der Waals surface area contributed by atoms with Gasteiger partial charge in [-0.1, -0.05) is 17.8 Å². The van der Waals surface area contributed by atoms with Crippen LogP contribution in [0.3, 0.4) is 0 Å². The van der Waals surface area contributed by atoms with E-state index in [1.807, 2.05) is 0 Å². The maximum atomic E-state index is 13.5. The summed E-state index contributed by atoms with van der Waals surface area (Å²) in [5.41, 5.74) is -1.25. The van der Waals surface area contributed by atoms with Crippen molar-refractivity contribution in [1.82, 2.24) is 23.9 Å². The summed E-state index contributed by atoms with van der Waals surface area (Å²) in [4.78, 5) is 33.7. The van der Waals surface area contributed by atoms with Gasteiger partial charge in [0.15, 0.2) is 10.8 Å². The summed E-state index contributed by atoms with van der Waals surface area (Å²) in [6, 6.07) is 0.758. The minimum atomic E-state index is -2.95. The molecule has 0 saturated carbocycles. The summed E-state index contributed by atoms with van der Waals surface area (Å²) in [7, 11) is 0. The number of hydrogen-bond donors (Lipinski definition) is 0. The Kier molecular flexibility index (Phi) is 5.50. The van der Waals surface area contributed by atoms with Crippen LogP contribution in [0.1, 0.15) is 31.9 Å². The van der Waals surface area contributed by atoms with Crippen LogP contribution in [-0.2, 0) is 6.54 Å². The highest BCUT2D eigenvalue weighted by Crippen LogP contribution is 2.22. The van der Waals surface area contributed by atoms with E-state index in [4.69, 9.17) is 0 Å². The van der Waals surface area contributed by atoms with Gasteiger partial charge in [0.1, 0.15) is 5.39 Å². The third-order valence-corrected chi connectivity index (χ3v) is 4.79. The van der Waals surface area contributed by atoms with Crippen molar-refractivity contribution >= 4 is 22.8 Å². The Labute approximate surface area is 163 Å². The van der Waals surface area contributed by atoms with Crippen molar-refractivity contribution < 1.29 is 8.78 Å². The highest BCUT2D eigenvalue weighted by Gasteiger charge is 2.22. The van der Waals surface area contributed by atoms with Crippen molar-refractivity contribution in [3.05, 3.63) is 57.4 Å². The molecule has 0 aliphatic rings. The zero-order valence-electron chi connectivity index (χ0n) is 15.6. The first-order valence-electron chi connectivity index (χ1n) is 8.48. The lowest BCUT2D eigenvalue weighted by Crippen LogP contribution is -2.28. The van der Waals surface area contributed by atoms with E-state index in [0.29, 0.717) is 5.16 Å². The Morgan fingerprint density at radius 2 is 2.00 bits per heavy atom. The van der Waals surface area contributed by atoms with Crippen LogP contribution in [0, 0.1) is 0 Å². The summed E-state index contributed by atoms with van der Waals surface area (Å²) in [5.74, 6) is 0. The molecule has 0 bridgehead atoms. The second kappa shape index (κ2) is 7.70. The number of allylic oxidation sites excluding steroid dienone is 1. The van der Waals surface area contributed by atoms with Gasteiger partial charge in [-0.2, -0.15) is 0 Å².